The molecule has 5 heteroatoms. The summed E-state index contributed by atoms with van der Waals surface area (Å²) in [6.07, 6.45) is 3.25. The zero-order chi connectivity index (χ0) is 15.9. The van der Waals surface area contributed by atoms with Gasteiger partial charge in [0, 0.05) is 40.3 Å². The summed E-state index contributed by atoms with van der Waals surface area (Å²) in [6, 6.07) is 6.88. The van der Waals surface area contributed by atoms with Gasteiger partial charge in [0.2, 0.25) is 0 Å². The van der Waals surface area contributed by atoms with Crippen molar-refractivity contribution >= 4 is 6.03 Å². The van der Waals surface area contributed by atoms with Crippen molar-refractivity contribution in [1.82, 2.24) is 14.7 Å². The van der Waals surface area contributed by atoms with Crippen LogP contribution in [0.25, 0.3) is 0 Å². The van der Waals surface area contributed by atoms with Crippen LogP contribution in [0.4, 0.5) is 9.18 Å². The van der Waals surface area contributed by atoms with Crippen LogP contribution in [0, 0.1) is 5.82 Å². The van der Waals surface area contributed by atoms with E-state index in [0.29, 0.717) is 0 Å². The van der Waals surface area contributed by atoms with E-state index in [4.69, 9.17) is 0 Å². The van der Waals surface area contributed by atoms with Crippen molar-refractivity contribution in [1.29, 1.82) is 0 Å². The van der Waals surface area contributed by atoms with E-state index in [1.54, 1.807) is 19.0 Å². The topological polar surface area (TPSA) is 26.8 Å². The Hall–Kier alpha value is -1.62. The molecule has 1 fully saturated rings. The first-order chi connectivity index (χ1) is 10.6. The van der Waals surface area contributed by atoms with E-state index in [-0.39, 0.29) is 11.8 Å². The maximum absolute atomic E-state index is 12.8. The van der Waals surface area contributed by atoms with E-state index < -0.39 is 0 Å². The molecule has 22 heavy (non-hydrogen) atoms. The van der Waals surface area contributed by atoms with Gasteiger partial charge in [0.05, 0.1) is 0 Å². The second-order valence-corrected chi connectivity index (χ2v) is 6.09. The summed E-state index contributed by atoms with van der Waals surface area (Å²) < 4.78 is 12.8. The molecule has 1 saturated heterocycles. The lowest BCUT2D eigenvalue weighted by atomic mass is 10.1. The Morgan fingerprint density at radius 2 is 1.73 bits per heavy atom. The Balaban J connectivity index is 1.61. The summed E-state index contributed by atoms with van der Waals surface area (Å²) in [7, 11) is 3.59. The number of piperazine rings is 1. The summed E-state index contributed by atoms with van der Waals surface area (Å²) in [4.78, 5) is 17.8. The van der Waals surface area contributed by atoms with Gasteiger partial charge < -0.3 is 9.80 Å². The molecule has 2 amide bonds. The van der Waals surface area contributed by atoms with Crippen molar-refractivity contribution in [2.24, 2.45) is 0 Å². The van der Waals surface area contributed by atoms with Crippen LogP contribution in [0.5, 0.6) is 0 Å². The number of unbranched alkanes of at least 4 members (excludes halogenated alkanes) is 1. The number of carbonyl (C=O) groups is 1. The number of carbonyl (C=O) groups excluding carboxylic acids is 1. The molecule has 0 N–H and O–H groups in total. The molecule has 4 nitrogen and oxygen atoms in total. The molecule has 0 saturated carbocycles. The molecule has 1 aliphatic heterocycles. The third kappa shape index (κ3) is 4.98. The maximum atomic E-state index is 12.8. The number of nitrogens with zero attached hydrogens (tertiary/aromatic N) is 3. The first-order valence-electron chi connectivity index (χ1n) is 7.99. The number of benzene rings is 1. The predicted molar refractivity (Wildman–Crippen MR) is 86.4 cm³/mol. The molecule has 0 spiro atoms. The van der Waals surface area contributed by atoms with Gasteiger partial charge in [-0.25, -0.2) is 9.18 Å². The fourth-order valence-electron chi connectivity index (χ4n) is 2.76. The first kappa shape index (κ1) is 16.7. The van der Waals surface area contributed by atoms with E-state index in [1.165, 1.54) is 17.7 Å². The minimum Gasteiger partial charge on any atom is -0.331 e. The number of aryl methyl sites for hydroxylation is 1. The lowest BCUT2D eigenvalue weighted by Crippen LogP contribution is -2.51. The highest BCUT2D eigenvalue weighted by Gasteiger charge is 2.21. The summed E-state index contributed by atoms with van der Waals surface area (Å²) in [5.74, 6) is -0.172. The molecular weight excluding hydrogens is 281 g/mol. The standard InChI is InChI=1S/C17H26FN3O/c1-19(2)17(22)21-13-11-20(12-14-21)10-4-3-5-15-6-8-16(18)9-7-15/h6-9H,3-5,10-14H2,1-2H3. The van der Waals surface area contributed by atoms with Crippen LogP contribution in [-0.2, 0) is 6.42 Å². The maximum Gasteiger partial charge on any atom is 0.319 e. The van der Waals surface area contributed by atoms with Gasteiger partial charge in [-0.2, -0.15) is 0 Å². The number of urea groups is 1. The molecule has 0 aromatic heterocycles. The third-order valence-electron chi connectivity index (χ3n) is 4.13. The molecule has 1 aromatic rings. The Morgan fingerprint density at radius 3 is 2.32 bits per heavy atom. The van der Waals surface area contributed by atoms with Crippen LogP contribution in [-0.4, -0.2) is 67.5 Å². The van der Waals surface area contributed by atoms with Crippen LogP contribution < -0.4 is 0 Å². The summed E-state index contributed by atoms with van der Waals surface area (Å²) >= 11 is 0. The monoisotopic (exact) mass is 307 g/mol. The average molecular weight is 307 g/mol. The number of amides is 2. The van der Waals surface area contributed by atoms with Crippen molar-refractivity contribution in [3.63, 3.8) is 0 Å². The Morgan fingerprint density at radius 1 is 1.09 bits per heavy atom. The summed E-state index contributed by atoms with van der Waals surface area (Å²) in [6.45, 7) is 4.61. The smallest absolute Gasteiger partial charge is 0.319 e. The summed E-state index contributed by atoms with van der Waals surface area (Å²) in [5, 5.41) is 0. The van der Waals surface area contributed by atoms with Crippen LogP contribution in [0.15, 0.2) is 24.3 Å². The largest absolute Gasteiger partial charge is 0.331 e. The average Bonchev–Trinajstić information content (AvgIpc) is 2.53. The highest BCUT2D eigenvalue weighted by atomic mass is 19.1. The van der Waals surface area contributed by atoms with E-state index >= 15 is 0 Å². The van der Waals surface area contributed by atoms with Crippen molar-refractivity contribution in [2.75, 3.05) is 46.8 Å². The fourth-order valence-corrected chi connectivity index (χ4v) is 2.76. The van der Waals surface area contributed by atoms with Crippen LogP contribution in [0.1, 0.15) is 18.4 Å². The van der Waals surface area contributed by atoms with Gasteiger partial charge in [-0.1, -0.05) is 12.1 Å². The lowest BCUT2D eigenvalue weighted by Gasteiger charge is -2.35. The minimum atomic E-state index is -0.172. The van der Waals surface area contributed by atoms with Gasteiger partial charge in [0.15, 0.2) is 0 Å². The molecule has 122 valence electrons. The molecule has 1 aromatic carbocycles. The second kappa shape index (κ2) is 8.13. The van der Waals surface area contributed by atoms with Gasteiger partial charge in [0.25, 0.3) is 0 Å². The summed E-state index contributed by atoms with van der Waals surface area (Å²) in [5.41, 5.74) is 1.20. The number of hydrogen-bond donors (Lipinski definition) is 0. The van der Waals surface area contributed by atoms with Gasteiger partial charge in [0.1, 0.15) is 5.82 Å². The number of hydrogen-bond acceptors (Lipinski definition) is 2. The van der Waals surface area contributed by atoms with E-state index in [2.05, 4.69) is 4.90 Å². The Bertz CT molecular complexity index is 467. The molecule has 1 heterocycles. The van der Waals surface area contributed by atoms with E-state index in [1.807, 2.05) is 17.0 Å². The molecule has 0 bridgehead atoms. The number of halogens is 1. The predicted octanol–water partition coefficient (Wildman–Crippen LogP) is 2.45. The highest BCUT2D eigenvalue weighted by molar-refractivity contribution is 5.73. The molecular formula is C17H26FN3O. The first-order valence-corrected chi connectivity index (χ1v) is 7.99. The molecule has 0 aliphatic carbocycles. The normalized spacial score (nSPS) is 15.9. The Labute approximate surface area is 132 Å². The zero-order valence-corrected chi connectivity index (χ0v) is 13.6. The van der Waals surface area contributed by atoms with Gasteiger partial charge >= 0.3 is 6.03 Å². The van der Waals surface area contributed by atoms with E-state index in [9.17, 15) is 9.18 Å². The zero-order valence-electron chi connectivity index (χ0n) is 13.6. The Kier molecular flexibility index (Phi) is 6.19. The molecule has 2 rings (SSSR count). The van der Waals surface area contributed by atoms with Crippen molar-refractivity contribution < 1.29 is 9.18 Å². The van der Waals surface area contributed by atoms with Crippen LogP contribution in [0.3, 0.4) is 0 Å². The molecule has 0 unspecified atom stereocenters. The quantitative estimate of drug-likeness (QED) is 0.781. The molecule has 1 aliphatic rings. The molecule has 0 radical (unpaired) electrons. The van der Waals surface area contributed by atoms with Crippen molar-refractivity contribution in [2.45, 2.75) is 19.3 Å². The SMILES string of the molecule is CN(C)C(=O)N1CCN(CCCCc2ccc(F)cc2)CC1. The van der Waals surface area contributed by atoms with Gasteiger partial charge in [-0.3, -0.25) is 4.90 Å². The fraction of sp³-hybridized carbons (Fsp3) is 0.588. The van der Waals surface area contributed by atoms with Crippen molar-refractivity contribution in [3.05, 3.63) is 35.6 Å². The molecule has 0 atom stereocenters. The minimum absolute atomic E-state index is 0.107. The van der Waals surface area contributed by atoms with Gasteiger partial charge in [-0.05, 0) is 43.5 Å². The van der Waals surface area contributed by atoms with Gasteiger partial charge in [-0.15, -0.1) is 0 Å². The lowest BCUT2D eigenvalue weighted by molar-refractivity contribution is 0.122. The van der Waals surface area contributed by atoms with E-state index in [0.717, 1.165) is 52.0 Å². The highest BCUT2D eigenvalue weighted by Crippen LogP contribution is 2.09. The second-order valence-electron chi connectivity index (χ2n) is 6.09. The van der Waals surface area contributed by atoms with Crippen LogP contribution >= 0.6 is 0 Å². The van der Waals surface area contributed by atoms with Crippen LogP contribution in [0.2, 0.25) is 0 Å². The third-order valence-corrected chi connectivity index (χ3v) is 4.13. The number of rotatable bonds is 5. The van der Waals surface area contributed by atoms with Crippen molar-refractivity contribution in [3.8, 4) is 0 Å².